The average Bonchev–Trinajstić information content (AvgIpc) is 2.56. The molecule has 0 radical (unpaired) electrons. The standard InChI is InChI=1S/C22H42O2/c1-6-9-12-15-17-20(16-13-10-7-2)21(18-14-11-8-3)24-22(23)19(4)5/h20-21H,4,6-18H2,1-3,5H3. The van der Waals surface area contributed by atoms with Gasteiger partial charge in [-0.05, 0) is 38.5 Å². The van der Waals surface area contributed by atoms with Gasteiger partial charge in [-0.3, -0.25) is 0 Å². The lowest BCUT2D eigenvalue weighted by atomic mass is 9.87. The molecule has 2 atom stereocenters. The first-order valence-electron chi connectivity index (χ1n) is 10.4. The third kappa shape index (κ3) is 11.7. The smallest absolute Gasteiger partial charge is 0.333 e. The van der Waals surface area contributed by atoms with Crippen molar-refractivity contribution in [2.75, 3.05) is 0 Å². The molecule has 0 rings (SSSR count). The number of carbonyl (C=O) groups is 1. The second kappa shape index (κ2) is 15.7. The van der Waals surface area contributed by atoms with Crippen molar-refractivity contribution in [2.24, 2.45) is 5.92 Å². The van der Waals surface area contributed by atoms with Gasteiger partial charge in [-0.1, -0.05) is 85.1 Å². The van der Waals surface area contributed by atoms with Gasteiger partial charge in [-0.15, -0.1) is 0 Å². The van der Waals surface area contributed by atoms with Gasteiger partial charge in [0.2, 0.25) is 0 Å². The lowest BCUT2D eigenvalue weighted by Gasteiger charge is -2.28. The molecule has 0 fully saturated rings. The lowest BCUT2D eigenvalue weighted by molar-refractivity contribution is -0.147. The normalized spacial score (nSPS) is 13.5. The number of ether oxygens (including phenoxy) is 1. The first kappa shape index (κ1) is 23.2. The average molecular weight is 339 g/mol. The van der Waals surface area contributed by atoms with Crippen LogP contribution in [0.2, 0.25) is 0 Å². The predicted octanol–water partition coefficient (Wildman–Crippen LogP) is 7.22. The first-order chi connectivity index (χ1) is 11.6. The van der Waals surface area contributed by atoms with Gasteiger partial charge in [0.25, 0.3) is 0 Å². The van der Waals surface area contributed by atoms with Crippen LogP contribution in [0.1, 0.15) is 111 Å². The molecule has 0 amide bonds. The molecule has 0 aromatic heterocycles. The van der Waals surface area contributed by atoms with Gasteiger partial charge in [0.1, 0.15) is 6.10 Å². The van der Waals surface area contributed by atoms with E-state index in [1.54, 1.807) is 6.92 Å². The molecule has 24 heavy (non-hydrogen) atoms. The van der Waals surface area contributed by atoms with Crippen molar-refractivity contribution in [2.45, 2.75) is 117 Å². The number of hydrogen-bond acceptors (Lipinski definition) is 2. The van der Waals surface area contributed by atoms with Crippen molar-refractivity contribution < 1.29 is 9.53 Å². The molecule has 0 aromatic carbocycles. The van der Waals surface area contributed by atoms with Gasteiger partial charge < -0.3 is 4.74 Å². The fourth-order valence-corrected chi connectivity index (χ4v) is 3.23. The molecule has 0 heterocycles. The van der Waals surface area contributed by atoms with E-state index in [0.29, 0.717) is 11.5 Å². The highest BCUT2D eigenvalue weighted by molar-refractivity contribution is 5.87. The van der Waals surface area contributed by atoms with Gasteiger partial charge in [0.15, 0.2) is 0 Å². The van der Waals surface area contributed by atoms with Gasteiger partial charge in [-0.2, -0.15) is 0 Å². The fraction of sp³-hybridized carbons (Fsp3) is 0.864. The van der Waals surface area contributed by atoms with E-state index in [1.165, 1.54) is 70.6 Å². The van der Waals surface area contributed by atoms with Gasteiger partial charge in [0, 0.05) is 5.57 Å². The summed E-state index contributed by atoms with van der Waals surface area (Å²) in [7, 11) is 0. The van der Waals surface area contributed by atoms with Crippen molar-refractivity contribution in [1.29, 1.82) is 0 Å². The summed E-state index contributed by atoms with van der Waals surface area (Å²) in [6.45, 7) is 12.2. The molecule has 0 saturated heterocycles. The maximum Gasteiger partial charge on any atom is 0.333 e. The van der Waals surface area contributed by atoms with Crippen molar-refractivity contribution >= 4 is 5.97 Å². The maximum atomic E-state index is 12.1. The van der Waals surface area contributed by atoms with Gasteiger partial charge in [-0.25, -0.2) is 4.79 Å². The molecule has 0 N–H and O–H groups in total. The molecule has 0 spiro atoms. The Balaban J connectivity index is 4.75. The minimum absolute atomic E-state index is 0.0826. The molecular formula is C22H42O2. The summed E-state index contributed by atoms with van der Waals surface area (Å²) < 4.78 is 5.87. The molecule has 0 aliphatic carbocycles. The van der Waals surface area contributed by atoms with Crippen LogP contribution < -0.4 is 0 Å². The zero-order valence-electron chi connectivity index (χ0n) is 16.9. The Bertz CT molecular complexity index is 322. The summed E-state index contributed by atoms with van der Waals surface area (Å²) in [6.07, 6.45) is 16.0. The molecular weight excluding hydrogens is 296 g/mol. The van der Waals surface area contributed by atoms with E-state index in [1.807, 2.05) is 0 Å². The van der Waals surface area contributed by atoms with Crippen LogP contribution in [0.25, 0.3) is 0 Å². The second-order valence-corrected chi connectivity index (χ2v) is 7.33. The molecule has 0 bridgehead atoms. The highest BCUT2D eigenvalue weighted by Crippen LogP contribution is 2.27. The molecule has 0 aromatic rings. The first-order valence-corrected chi connectivity index (χ1v) is 10.4. The summed E-state index contributed by atoms with van der Waals surface area (Å²) in [4.78, 5) is 12.1. The summed E-state index contributed by atoms with van der Waals surface area (Å²) >= 11 is 0. The zero-order chi connectivity index (χ0) is 18.2. The summed E-state index contributed by atoms with van der Waals surface area (Å²) in [5.74, 6) is 0.319. The van der Waals surface area contributed by atoms with Crippen molar-refractivity contribution in [3.05, 3.63) is 12.2 Å². The van der Waals surface area contributed by atoms with E-state index in [0.717, 1.165) is 12.8 Å². The number of rotatable bonds is 16. The van der Waals surface area contributed by atoms with Crippen LogP contribution in [0, 0.1) is 5.92 Å². The Labute approximate surface area is 151 Å². The molecule has 0 saturated carbocycles. The Morgan fingerprint density at radius 2 is 1.25 bits per heavy atom. The van der Waals surface area contributed by atoms with Crippen LogP contribution in [0.4, 0.5) is 0 Å². The Morgan fingerprint density at radius 3 is 1.75 bits per heavy atom. The Morgan fingerprint density at radius 1 is 0.792 bits per heavy atom. The SMILES string of the molecule is C=C(C)C(=O)OC(CCCCC)C(CCCCC)CCCCCC. The second-order valence-electron chi connectivity index (χ2n) is 7.33. The Kier molecular flexibility index (Phi) is 15.2. The number of carbonyl (C=O) groups excluding carboxylic acids is 1. The molecule has 2 unspecified atom stereocenters. The zero-order valence-corrected chi connectivity index (χ0v) is 16.9. The minimum atomic E-state index is -0.203. The van der Waals surface area contributed by atoms with Crippen molar-refractivity contribution in [3.63, 3.8) is 0 Å². The predicted molar refractivity (Wildman–Crippen MR) is 105 cm³/mol. The van der Waals surface area contributed by atoms with E-state index in [2.05, 4.69) is 27.4 Å². The summed E-state index contributed by atoms with van der Waals surface area (Å²) in [6, 6.07) is 0. The van der Waals surface area contributed by atoms with Crippen LogP contribution in [0.3, 0.4) is 0 Å². The van der Waals surface area contributed by atoms with Crippen molar-refractivity contribution in [1.82, 2.24) is 0 Å². The van der Waals surface area contributed by atoms with E-state index in [4.69, 9.17) is 4.74 Å². The molecule has 142 valence electrons. The fourth-order valence-electron chi connectivity index (χ4n) is 3.23. The van der Waals surface area contributed by atoms with E-state index < -0.39 is 0 Å². The lowest BCUT2D eigenvalue weighted by Crippen LogP contribution is -2.28. The largest absolute Gasteiger partial charge is 0.459 e. The number of esters is 1. The van der Waals surface area contributed by atoms with E-state index >= 15 is 0 Å². The van der Waals surface area contributed by atoms with Crippen LogP contribution in [0.15, 0.2) is 12.2 Å². The van der Waals surface area contributed by atoms with Crippen LogP contribution >= 0.6 is 0 Å². The summed E-state index contributed by atoms with van der Waals surface area (Å²) in [5, 5.41) is 0. The molecule has 2 heteroatoms. The Hall–Kier alpha value is -0.790. The molecule has 2 nitrogen and oxygen atoms in total. The minimum Gasteiger partial charge on any atom is -0.459 e. The van der Waals surface area contributed by atoms with Crippen molar-refractivity contribution in [3.8, 4) is 0 Å². The third-order valence-corrected chi connectivity index (χ3v) is 4.83. The number of hydrogen-bond donors (Lipinski definition) is 0. The van der Waals surface area contributed by atoms with Gasteiger partial charge in [0.05, 0.1) is 0 Å². The molecule has 0 aliphatic heterocycles. The van der Waals surface area contributed by atoms with Crippen LogP contribution in [-0.4, -0.2) is 12.1 Å². The number of unbranched alkanes of at least 4 members (excludes halogenated alkanes) is 7. The highest BCUT2D eigenvalue weighted by atomic mass is 16.5. The highest BCUT2D eigenvalue weighted by Gasteiger charge is 2.24. The topological polar surface area (TPSA) is 26.3 Å². The quantitative estimate of drug-likeness (QED) is 0.169. The monoisotopic (exact) mass is 338 g/mol. The van der Waals surface area contributed by atoms with Gasteiger partial charge >= 0.3 is 5.97 Å². The maximum absolute atomic E-state index is 12.1. The van der Waals surface area contributed by atoms with Crippen LogP contribution in [-0.2, 0) is 9.53 Å². The third-order valence-electron chi connectivity index (χ3n) is 4.83. The van der Waals surface area contributed by atoms with E-state index in [-0.39, 0.29) is 12.1 Å². The van der Waals surface area contributed by atoms with Crippen LogP contribution in [0.5, 0.6) is 0 Å². The van der Waals surface area contributed by atoms with E-state index in [9.17, 15) is 4.79 Å². The summed E-state index contributed by atoms with van der Waals surface area (Å²) in [5.41, 5.74) is 0.522. The molecule has 0 aliphatic rings.